The van der Waals surface area contributed by atoms with Crippen molar-refractivity contribution in [3.8, 4) is 0 Å². The van der Waals surface area contributed by atoms with Gasteiger partial charge in [0.2, 0.25) is 0 Å². The van der Waals surface area contributed by atoms with Gasteiger partial charge in [-0.05, 0) is 25.3 Å². The van der Waals surface area contributed by atoms with Gasteiger partial charge in [-0.1, -0.05) is 30.3 Å². The zero-order chi connectivity index (χ0) is 13.2. The van der Waals surface area contributed by atoms with E-state index in [0.29, 0.717) is 6.04 Å². The fraction of sp³-hybridized carbons (Fsp3) is 0.625. The van der Waals surface area contributed by atoms with Gasteiger partial charge in [-0.25, -0.2) is 0 Å². The number of rotatable bonds is 4. The van der Waals surface area contributed by atoms with Gasteiger partial charge in [-0.15, -0.1) is 0 Å². The molecule has 1 aromatic rings. The summed E-state index contributed by atoms with van der Waals surface area (Å²) in [5, 5.41) is 0. The van der Waals surface area contributed by atoms with Crippen LogP contribution in [0.3, 0.4) is 0 Å². The average molecular weight is 259 g/mol. The molecule has 1 aliphatic carbocycles. The minimum atomic E-state index is 0.176. The highest BCUT2D eigenvalue weighted by Gasteiger charge is 2.33. The lowest BCUT2D eigenvalue weighted by Gasteiger charge is -2.41. The first kappa shape index (κ1) is 13.1. The number of nitrogens with two attached hydrogens (primary N) is 1. The zero-order valence-corrected chi connectivity index (χ0v) is 11.8. The summed E-state index contributed by atoms with van der Waals surface area (Å²) in [6.07, 6.45) is 2.82. The average Bonchev–Trinajstić information content (AvgIpc) is 3.25. The minimum absolute atomic E-state index is 0.176. The summed E-state index contributed by atoms with van der Waals surface area (Å²) < 4.78 is 0. The van der Waals surface area contributed by atoms with Gasteiger partial charge in [0, 0.05) is 44.3 Å². The van der Waals surface area contributed by atoms with Crippen LogP contribution in [0.2, 0.25) is 0 Å². The molecule has 2 N–H and O–H groups in total. The van der Waals surface area contributed by atoms with Crippen LogP contribution < -0.4 is 5.73 Å². The lowest BCUT2D eigenvalue weighted by Crippen LogP contribution is -2.51. The summed E-state index contributed by atoms with van der Waals surface area (Å²) in [6, 6.07) is 12.2. The predicted molar refractivity (Wildman–Crippen MR) is 79.0 cm³/mol. The molecule has 0 radical (unpaired) electrons. The van der Waals surface area contributed by atoms with Crippen molar-refractivity contribution in [1.29, 1.82) is 0 Å². The largest absolute Gasteiger partial charge is 0.326 e. The van der Waals surface area contributed by atoms with Crippen LogP contribution in [0.1, 0.15) is 31.4 Å². The summed E-state index contributed by atoms with van der Waals surface area (Å²) in [5.74, 6) is 0. The van der Waals surface area contributed by atoms with E-state index >= 15 is 0 Å². The summed E-state index contributed by atoms with van der Waals surface area (Å²) in [6.45, 7) is 6.85. The molecule has 2 unspecified atom stereocenters. The fourth-order valence-electron chi connectivity index (χ4n) is 3.32. The third-order valence-corrected chi connectivity index (χ3v) is 4.44. The van der Waals surface area contributed by atoms with Gasteiger partial charge in [-0.3, -0.25) is 9.80 Å². The maximum Gasteiger partial charge on any atom is 0.0497 e. The summed E-state index contributed by atoms with van der Waals surface area (Å²) in [5.41, 5.74) is 7.61. The Labute approximate surface area is 116 Å². The molecule has 2 atom stereocenters. The van der Waals surface area contributed by atoms with Crippen molar-refractivity contribution in [2.24, 2.45) is 5.73 Å². The SMILES string of the molecule is CC(N)C(c1ccccc1)N1CCN(C2CC2)CC1. The van der Waals surface area contributed by atoms with E-state index in [1.165, 1.54) is 31.5 Å². The number of piperazine rings is 1. The Morgan fingerprint density at radius 3 is 2.21 bits per heavy atom. The summed E-state index contributed by atoms with van der Waals surface area (Å²) in [4.78, 5) is 5.22. The van der Waals surface area contributed by atoms with Crippen LogP contribution >= 0.6 is 0 Å². The van der Waals surface area contributed by atoms with Crippen LogP contribution in [0.4, 0.5) is 0 Å². The van der Waals surface area contributed by atoms with Crippen LogP contribution in [0.15, 0.2) is 30.3 Å². The zero-order valence-electron chi connectivity index (χ0n) is 11.8. The Balaban J connectivity index is 1.68. The van der Waals surface area contributed by atoms with E-state index in [2.05, 4.69) is 47.1 Å². The second-order valence-electron chi connectivity index (χ2n) is 6.02. The third kappa shape index (κ3) is 2.99. The first-order valence-corrected chi connectivity index (χ1v) is 7.54. The van der Waals surface area contributed by atoms with Gasteiger partial charge in [0.1, 0.15) is 0 Å². The topological polar surface area (TPSA) is 32.5 Å². The normalized spacial score (nSPS) is 25.2. The van der Waals surface area contributed by atoms with E-state index in [0.717, 1.165) is 19.1 Å². The van der Waals surface area contributed by atoms with Gasteiger partial charge in [0.05, 0.1) is 0 Å². The minimum Gasteiger partial charge on any atom is -0.326 e. The molecule has 0 amide bonds. The van der Waals surface area contributed by atoms with Crippen LogP contribution in [0.25, 0.3) is 0 Å². The van der Waals surface area contributed by atoms with Gasteiger partial charge in [0.15, 0.2) is 0 Å². The maximum atomic E-state index is 6.25. The standard InChI is InChI=1S/C16H25N3/c1-13(17)16(14-5-3-2-4-6-14)19-11-9-18(10-12-19)15-7-8-15/h2-6,13,15-16H,7-12,17H2,1H3. The molecule has 2 fully saturated rings. The second-order valence-corrected chi connectivity index (χ2v) is 6.02. The highest BCUT2D eigenvalue weighted by Crippen LogP contribution is 2.30. The van der Waals surface area contributed by atoms with Crippen molar-refractivity contribution < 1.29 is 0 Å². The molecule has 0 bridgehead atoms. The Morgan fingerprint density at radius 2 is 1.68 bits per heavy atom. The highest BCUT2D eigenvalue weighted by atomic mass is 15.3. The predicted octanol–water partition coefficient (Wildman–Crippen LogP) is 1.85. The first-order valence-electron chi connectivity index (χ1n) is 7.54. The molecule has 3 nitrogen and oxygen atoms in total. The number of hydrogen-bond donors (Lipinski definition) is 1. The van der Waals surface area contributed by atoms with Crippen LogP contribution in [0, 0.1) is 0 Å². The Morgan fingerprint density at radius 1 is 1.05 bits per heavy atom. The van der Waals surface area contributed by atoms with Crippen molar-refractivity contribution in [3.63, 3.8) is 0 Å². The molecule has 1 saturated carbocycles. The molecular formula is C16H25N3. The van der Waals surface area contributed by atoms with Crippen LogP contribution in [-0.2, 0) is 0 Å². The summed E-state index contributed by atoms with van der Waals surface area (Å²) in [7, 11) is 0. The molecule has 2 aliphatic rings. The number of nitrogens with zero attached hydrogens (tertiary/aromatic N) is 2. The molecule has 1 heterocycles. The molecule has 0 spiro atoms. The van der Waals surface area contributed by atoms with Gasteiger partial charge in [0.25, 0.3) is 0 Å². The van der Waals surface area contributed by atoms with E-state index in [-0.39, 0.29) is 6.04 Å². The molecule has 104 valence electrons. The highest BCUT2D eigenvalue weighted by molar-refractivity contribution is 5.20. The quantitative estimate of drug-likeness (QED) is 0.896. The van der Waals surface area contributed by atoms with E-state index < -0.39 is 0 Å². The molecular weight excluding hydrogens is 234 g/mol. The maximum absolute atomic E-state index is 6.25. The molecule has 3 heteroatoms. The Hall–Kier alpha value is -0.900. The molecule has 1 aliphatic heterocycles. The monoisotopic (exact) mass is 259 g/mol. The van der Waals surface area contributed by atoms with Crippen molar-refractivity contribution >= 4 is 0 Å². The van der Waals surface area contributed by atoms with Crippen molar-refractivity contribution in [2.45, 2.75) is 37.9 Å². The van der Waals surface area contributed by atoms with E-state index in [1.54, 1.807) is 0 Å². The summed E-state index contributed by atoms with van der Waals surface area (Å²) >= 11 is 0. The Kier molecular flexibility index (Phi) is 3.87. The van der Waals surface area contributed by atoms with Crippen molar-refractivity contribution in [2.75, 3.05) is 26.2 Å². The fourth-order valence-corrected chi connectivity index (χ4v) is 3.32. The van der Waals surface area contributed by atoms with Gasteiger partial charge < -0.3 is 5.73 Å². The Bertz CT molecular complexity index is 392. The lowest BCUT2D eigenvalue weighted by molar-refractivity contribution is 0.0826. The van der Waals surface area contributed by atoms with E-state index in [9.17, 15) is 0 Å². The van der Waals surface area contributed by atoms with Gasteiger partial charge >= 0.3 is 0 Å². The van der Waals surface area contributed by atoms with Crippen molar-refractivity contribution in [1.82, 2.24) is 9.80 Å². The third-order valence-electron chi connectivity index (χ3n) is 4.44. The first-order chi connectivity index (χ1) is 9.25. The molecule has 3 rings (SSSR count). The smallest absolute Gasteiger partial charge is 0.0497 e. The molecule has 0 aromatic heterocycles. The molecule has 19 heavy (non-hydrogen) atoms. The van der Waals surface area contributed by atoms with E-state index in [4.69, 9.17) is 5.73 Å². The van der Waals surface area contributed by atoms with Crippen molar-refractivity contribution in [3.05, 3.63) is 35.9 Å². The molecule has 1 saturated heterocycles. The van der Waals surface area contributed by atoms with Crippen LogP contribution in [0.5, 0.6) is 0 Å². The number of benzene rings is 1. The number of hydrogen-bond acceptors (Lipinski definition) is 3. The molecule has 1 aromatic carbocycles. The van der Waals surface area contributed by atoms with E-state index in [1.807, 2.05) is 0 Å². The van der Waals surface area contributed by atoms with Crippen LogP contribution in [-0.4, -0.2) is 48.1 Å². The second kappa shape index (κ2) is 5.61. The van der Waals surface area contributed by atoms with Gasteiger partial charge in [-0.2, -0.15) is 0 Å². The lowest BCUT2D eigenvalue weighted by atomic mass is 9.98.